The molecule has 1 fully saturated rings. The number of rotatable bonds is 7. The lowest BCUT2D eigenvalue weighted by Crippen LogP contribution is -2.44. The zero-order chi connectivity index (χ0) is 20.3. The topological polar surface area (TPSA) is 102 Å². The first-order chi connectivity index (χ1) is 13.3. The van der Waals surface area contributed by atoms with Crippen molar-refractivity contribution in [1.82, 2.24) is 10.2 Å². The number of non-ortho nitro benzene ring substituents is 1. The highest BCUT2D eigenvalue weighted by atomic mass is 16.6. The van der Waals surface area contributed by atoms with Crippen molar-refractivity contribution in [2.45, 2.75) is 31.8 Å². The maximum atomic E-state index is 12.9. The Kier molecular flexibility index (Phi) is 5.30. The molecule has 8 nitrogen and oxygen atoms in total. The third-order valence-electron chi connectivity index (χ3n) is 4.91. The van der Waals surface area contributed by atoms with Crippen LogP contribution in [0.25, 0.3) is 0 Å². The molecule has 0 spiro atoms. The number of aryl methyl sites for hydroxylation is 1. The molecule has 1 saturated heterocycles. The van der Waals surface area contributed by atoms with Crippen LogP contribution in [0.2, 0.25) is 0 Å². The fraction of sp³-hybridized carbons (Fsp3) is 0.300. The van der Waals surface area contributed by atoms with Gasteiger partial charge in [0, 0.05) is 12.1 Å². The molecule has 0 radical (unpaired) electrons. The number of benzene rings is 2. The number of nitro benzene ring substituents is 1. The molecule has 8 heteroatoms. The number of imide groups is 1. The van der Waals surface area contributed by atoms with Crippen molar-refractivity contribution in [3.05, 3.63) is 69.8 Å². The second-order valence-electron chi connectivity index (χ2n) is 6.93. The van der Waals surface area contributed by atoms with Crippen LogP contribution in [0.15, 0.2) is 48.5 Å². The number of amides is 3. The molecular weight excluding hydrogens is 362 g/mol. The zero-order valence-corrected chi connectivity index (χ0v) is 15.7. The van der Waals surface area contributed by atoms with Gasteiger partial charge in [0.05, 0.1) is 18.6 Å². The van der Waals surface area contributed by atoms with Crippen molar-refractivity contribution in [2.75, 3.05) is 7.11 Å². The Hall–Kier alpha value is -3.42. The van der Waals surface area contributed by atoms with E-state index in [4.69, 9.17) is 4.74 Å². The molecule has 1 atom stereocenters. The van der Waals surface area contributed by atoms with E-state index in [0.29, 0.717) is 18.4 Å². The number of carbonyl (C=O) groups is 2. The maximum Gasteiger partial charge on any atom is 0.325 e. The van der Waals surface area contributed by atoms with Gasteiger partial charge in [-0.25, -0.2) is 4.79 Å². The number of nitrogens with one attached hydrogen (secondary N) is 1. The Morgan fingerprint density at radius 2 is 1.68 bits per heavy atom. The minimum absolute atomic E-state index is 0.0368. The van der Waals surface area contributed by atoms with Gasteiger partial charge in [-0.2, -0.15) is 0 Å². The highest BCUT2D eigenvalue weighted by molar-refractivity contribution is 6.06. The number of ether oxygens (including phenoxy) is 1. The average Bonchev–Trinajstić information content (AvgIpc) is 2.90. The molecule has 2 aromatic carbocycles. The third-order valence-corrected chi connectivity index (χ3v) is 4.91. The van der Waals surface area contributed by atoms with Crippen LogP contribution in [-0.2, 0) is 17.8 Å². The summed E-state index contributed by atoms with van der Waals surface area (Å²) in [5, 5.41) is 13.5. The summed E-state index contributed by atoms with van der Waals surface area (Å²) < 4.78 is 5.13. The van der Waals surface area contributed by atoms with Crippen LogP contribution in [0.4, 0.5) is 10.5 Å². The highest BCUT2D eigenvalue weighted by Crippen LogP contribution is 2.26. The van der Waals surface area contributed by atoms with Crippen LogP contribution in [0.1, 0.15) is 24.5 Å². The molecule has 0 unspecified atom stereocenters. The van der Waals surface area contributed by atoms with Crippen molar-refractivity contribution in [3.63, 3.8) is 0 Å². The van der Waals surface area contributed by atoms with Crippen molar-refractivity contribution in [1.29, 1.82) is 0 Å². The standard InChI is InChI=1S/C20H21N3O5/c1-20(12-11-14-5-9-17(28-2)10-6-14)18(24)22(19(25)21-20)13-15-3-7-16(8-4-15)23(26)27/h3-10H,11-13H2,1-2H3,(H,21,25)/t20-/m1/s1. The van der Waals surface area contributed by atoms with Crippen LogP contribution in [0, 0.1) is 10.1 Å². The Labute approximate surface area is 162 Å². The van der Waals surface area contributed by atoms with Gasteiger partial charge < -0.3 is 10.1 Å². The van der Waals surface area contributed by atoms with E-state index in [1.54, 1.807) is 26.2 Å². The predicted octanol–water partition coefficient (Wildman–Crippen LogP) is 3.05. The molecule has 0 bridgehead atoms. The van der Waals surface area contributed by atoms with Gasteiger partial charge >= 0.3 is 6.03 Å². The molecule has 2 aromatic rings. The summed E-state index contributed by atoms with van der Waals surface area (Å²) in [7, 11) is 1.60. The molecule has 28 heavy (non-hydrogen) atoms. The van der Waals surface area contributed by atoms with Crippen LogP contribution >= 0.6 is 0 Å². The van der Waals surface area contributed by atoms with Crippen molar-refractivity contribution in [2.24, 2.45) is 0 Å². The summed E-state index contributed by atoms with van der Waals surface area (Å²) in [5.41, 5.74) is 0.661. The number of methoxy groups -OCH3 is 1. The lowest BCUT2D eigenvalue weighted by Gasteiger charge is -2.21. The number of hydrogen-bond donors (Lipinski definition) is 1. The summed E-state index contributed by atoms with van der Waals surface area (Å²) in [4.78, 5) is 36.6. The van der Waals surface area contributed by atoms with Gasteiger partial charge in [-0.1, -0.05) is 24.3 Å². The van der Waals surface area contributed by atoms with Gasteiger partial charge in [0.15, 0.2) is 0 Å². The molecule has 1 heterocycles. The SMILES string of the molecule is COc1ccc(CC[C@@]2(C)NC(=O)N(Cc3ccc([N+](=O)[O-])cc3)C2=O)cc1. The van der Waals surface area contributed by atoms with Crippen LogP contribution in [0.5, 0.6) is 5.75 Å². The average molecular weight is 383 g/mol. The summed E-state index contributed by atoms with van der Waals surface area (Å²) in [6.45, 7) is 1.79. The van der Waals surface area contributed by atoms with E-state index >= 15 is 0 Å². The van der Waals surface area contributed by atoms with Crippen molar-refractivity contribution in [3.8, 4) is 5.75 Å². The molecule has 0 aliphatic carbocycles. The van der Waals surface area contributed by atoms with Crippen LogP contribution in [-0.4, -0.2) is 34.4 Å². The second-order valence-corrected chi connectivity index (χ2v) is 6.93. The predicted molar refractivity (Wildman–Crippen MR) is 102 cm³/mol. The Bertz CT molecular complexity index is 895. The first kappa shape index (κ1) is 19.3. The molecule has 0 saturated carbocycles. The molecule has 146 valence electrons. The van der Waals surface area contributed by atoms with E-state index in [9.17, 15) is 19.7 Å². The molecular formula is C20H21N3O5. The summed E-state index contributed by atoms with van der Waals surface area (Å²) in [6.07, 6.45) is 1.08. The first-order valence-electron chi connectivity index (χ1n) is 8.83. The van der Waals surface area contributed by atoms with Crippen molar-refractivity contribution >= 4 is 17.6 Å². The minimum Gasteiger partial charge on any atom is -0.497 e. The van der Waals surface area contributed by atoms with Gasteiger partial charge in [0.1, 0.15) is 11.3 Å². The molecule has 3 amide bonds. The first-order valence-corrected chi connectivity index (χ1v) is 8.83. The number of hydrogen-bond acceptors (Lipinski definition) is 5. The number of nitro groups is 1. The number of nitrogens with zero attached hydrogens (tertiary/aromatic N) is 2. The zero-order valence-electron chi connectivity index (χ0n) is 15.7. The fourth-order valence-electron chi connectivity index (χ4n) is 3.15. The molecule has 1 N–H and O–H groups in total. The largest absolute Gasteiger partial charge is 0.497 e. The van der Waals surface area contributed by atoms with E-state index in [1.807, 2.05) is 24.3 Å². The summed E-state index contributed by atoms with van der Waals surface area (Å²) >= 11 is 0. The molecule has 3 rings (SSSR count). The Balaban J connectivity index is 1.66. The molecule has 1 aliphatic heterocycles. The normalized spacial score (nSPS) is 18.9. The Morgan fingerprint density at radius 1 is 1.07 bits per heavy atom. The summed E-state index contributed by atoms with van der Waals surface area (Å²) in [5.74, 6) is 0.457. The Morgan fingerprint density at radius 3 is 2.25 bits per heavy atom. The van der Waals surface area contributed by atoms with Gasteiger partial charge in [0.25, 0.3) is 11.6 Å². The summed E-state index contributed by atoms with van der Waals surface area (Å²) in [6, 6.07) is 12.9. The lowest BCUT2D eigenvalue weighted by molar-refractivity contribution is -0.384. The van der Waals surface area contributed by atoms with E-state index in [2.05, 4.69) is 5.32 Å². The van der Waals surface area contributed by atoms with Gasteiger partial charge in [-0.3, -0.25) is 19.8 Å². The monoisotopic (exact) mass is 383 g/mol. The van der Waals surface area contributed by atoms with Crippen molar-refractivity contribution < 1.29 is 19.2 Å². The number of carbonyl (C=O) groups excluding carboxylic acids is 2. The fourth-order valence-corrected chi connectivity index (χ4v) is 3.15. The van der Waals surface area contributed by atoms with E-state index in [0.717, 1.165) is 16.2 Å². The van der Waals surface area contributed by atoms with Crippen LogP contribution in [0.3, 0.4) is 0 Å². The number of urea groups is 1. The smallest absolute Gasteiger partial charge is 0.325 e. The van der Waals surface area contributed by atoms with Gasteiger partial charge in [0.2, 0.25) is 0 Å². The second kappa shape index (κ2) is 7.67. The van der Waals surface area contributed by atoms with Gasteiger partial charge in [-0.15, -0.1) is 0 Å². The van der Waals surface area contributed by atoms with Gasteiger partial charge in [-0.05, 0) is 43.0 Å². The molecule has 0 aromatic heterocycles. The maximum absolute atomic E-state index is 12.9. The molecule has 1 aliphatic rings. The highest BCUT2D eigenvalue weighted by Gasteiger charge is 2.47. The van der Waals surface area contributed by atoms with Crippen LogP contribution < -0.4 is 10.1 Å². The van der Waals surface area contributed by atoms with E-state index < -0.39 is 16.5 Å². The lowest BCUT2D eigenvalue weighted by atomic mass is 9.93. The quantitative estimate of drug-likeness (QED) is 0.450. The van der Waals surface area contributed by atoms with E-state index in [1.165, 1.54) is 12.1 Å². The third kappa shape index (κ3) is 3.95. The minimum atomic E-state index is -0.988. The van der Waals surface area contributed by atoms with E-state index in [-0.39, 0.29) is 18.1 Å².